The van der Waals surface area contributed by atoms with Gasteiger partial charge in [0.2, 0.25) is 5.91 Å². The highest BCUT2D eigenvalue weighted by Gasteiger charge is 2.53. The topological polar surface area (TPSA) is 81.8 Å². The van der Waals surface area contributed by atoms with Gasteiger partial charge in [0.1, 0.15) is 12.1 Å². The van der Waals surface area contributed by atoms with Crippen LogP contribution in [0.15, 0.2) is 11.6 Å². The van der Waals surface area contributed by atoms with Crippen LogP contribution in [-0.2, 0) is 9.59 Å². The molecule has 32 heavy (non-hydrogen) atoms. The van der Waals surface area contributed by atoms with Crippen LogP contribution < -0.4 is 10.6 Å². The van der Waals surface area contributed by atoms with Gasteiger partial charge in [-0.15, -0.1) is 0 Å². The molecule has 3 fully saturated rings. The van der Waals surface area contributed by atoms with Crippen molar-refractivity contribution in [3.8, 4) is 0 Å². The Morgan fingerprint density at radius 1 is 1.16 bits per heavy atom. The largest absolute Gasteiger partial charge is 0.352 e. The van der Waals surface area contributed by atoms with Crippen molar-refractivity contribution in [1.82, 2.24) is 20.4 Å². The number of nitrogens with one attached hydrogen (secondary N) is 2. The van der Waals surface area contributed by atoms with Crippen LogP contribution in [0.5, 0.6) is 0 Å². The Hall–Kier alpha value is -1.89. The van der Waals surface area contributed by atoms with Gasteiger partial charge in [-0.3, -0.25) is 19.4 Å². The maximum Gasteiger partial charge on any atom is 0.325 e. The molecular weight excluding hydrogens is 404 g/mol. The first-order chi connectivity index (χ1) is 15.1. The van der Waals surface area contributed by atoms with Crippen molar-refractivity contribution in [2.45, 2.75) is 91.1 Å². The molecule has 0 unspecified atom stereocenters. The molecule has 3 aliphatic rings. The number of carbonyl (C=O) groups excluding carboxylic acids is 3. The first-order valence-electron chi connectivity index (χ1n) is 12.4. The summed E-state index contributed by atoms with van der Waals surface area (Å²) < 4.78 is 0. The minimum atomic E-state index is -0.812. The molecule has 1 aliphatic carbocycles. The first kappa shape index (κ1) is 24.7. The molecular formula is C25H42N4O3. The summed E-state index contributed by atoms with van der Waals surface area (Å²) in [5, 5.41) is 5.99. The van der Waals surface area contributed by atoms with E-state index in [4.69, 9.17) is 0 Å². The number of likely N-dealkylation sites (tertiary alicyclic amines) is 1. The van der Waals surface area contributed by atoms with Gasteiger partial charge in [0.05, 0.1) is 0 Å². The highest BCUT2D eigenvalue weighted by molar-refractivity contribution is 6.09. The monoisotopic (exact) mass is 446 g/mol. The smallest absolute Gasteiger partial charge is 0.325 e. The molecule has 2 aliphatic heterocycles. The number of hydrogen-bond acceptors (Lipinski definition) is 4. The predicted molar refractivity (Wildman–Crippen MR) is 126 cm³/mol. The fraction of sp³-hybridized carbons (Fsp3) is 0.800. The van der Waals surface area contributed by atoms with E-state index in [-0.39, 0.29) is 29.8 Å². The van der Waals surface area contributed by atoms with Gasteiger partial charge in [-0.2, -0.15) is 0 Å². The van der Waals surface area contributed by atoms with Gasteiger partial charge in [-0.05, 0) is 63.7 Å². The van der Waals surface area contributed by atoms with Crippen LogP contribution >= 0.6 is 0 Å². The Labute approximate surface area is 193 Å². The number of nitrogens with zero attached hydrogens (tertiary/aromatic N) is 2. The van der Waals surface area contributed by atoms with Crippen LogP contribution in [0.2, 0.25) is 0 Å². The van der Waals surface area contributed by atoms with Crippen LogP contribution in [0, 0.1) is 11.3 Å². The molecule has 1 spiro atoms. The molecule has 0 bridgehead atoms. The number of urea groups is 1. The van der Waals surface area contributed by atoms with E-state index in [1.807, 2.05) is 0 Å². The average molecular weight is 447 g/mol. The molecule has 180 valence electrons. The Bertz CT molecular complexity index is 740. The zero-order valence-corrected chi connectivity index (χ0v) is 20.6. The Kier molecular flexibility index (Phi) is 7.69. The summed E-state index contributed by atoms with van der Waals surface area (Å²) in [5.41, 5.74) is 0.747. The van der Waals surface area contributed by atoms with Gasteiger partial charge < -0.3 is 10.6 Å². The lowest BCUT2D eigenvalue weighted by atomic mass is 9.65. The average Bonchev–Trinajstić information content (AvgIpc) is 2.97. The lowest BCUT2D eigenvalue weighted by Gasteiger charge is -2.42. The SMILES string of the molecule is CCC(C)(C)C1CCC2(CC1)NC(=O)N(CC(=O)NC1CCN(CC=C(C)C)CC1)C2=O. The van der Waals surface area contributed by atoms with Crippen LogP contribution in [0.25, 0.3) is 0 Å². The van der Waals surface area contributed by atoms with E-state index >= 15 is 0 Å². The van der Waals surface area contributed by atoms with Crippen LogP contribution in [0.1, 0.15) is 79.6 Å². The van der Waals surface area contributed by atoms with Crippen LogP contribution in [0.4, 0.5) is 4.79 Å². The third kappa shape index (κ3) is 5.53. The second-order valence-corrected chi connectivity index (χ2v) is 10.9. The summed E-state index contributed by atoms with van der Waals surface area (Å²) in [4.78, 5) is 41.9. The summed E-state index contributed by atoms with van der Waals surface area (Å²) in [6.07, 6.45) is 8.29. The molecule has 7 nitrogen and oxygen atoms in total. The van der Waals surface area contributed by atoms with Gasteiger partial charge in [0.25, 0.3) is 5.91 Å². The standard InChI is InChI=1S/C25H42N4O3/c1-6-24(4,5)19-7-12-25(13-8-19)22(31)29(23(32)27-25)17-21(30)26-20-10-15-28(16-11-20)14-9-18(2)3/h9,19-20H,6-8,10-17H2,1-5H3,(H,26,30)(H,27,32). The quantitative estimate of drug-likeness (QED) is 0.464. The Morgan fingerprint density at radius 2 is 1.78 bits per heavy atom. The van der Waals surface area contributed by atoms with E-state index in [1.54, 1.807) is 0 Å². The highest BCUT2D eigenvalue weighted by atomic mass is 16.2. The van der Waals surface area contributed by atoms with Gasteiger partial charge in [0, 0.05) is 25.7 Å². The third-order valence-electron chi connectivity index (χ3n) is 8.11. The van der Waals surface area contributed by atoms with Crippen molar-refractivity contribution in [1.29, 1.82) is 0 Å². The lowest BCUT2D eigenvalue weighted by molar-refractivity contribution is -0.136. The van der Waals surface area contributed by atoms with E-state index in [1.165, 1.54) is 5.57 Å². The summed E-state index contributed by atoms with van der Waals surface area (Å²) in [7, 11) is 0. The normalized spacial score (nSPS) is 27.5. The second kappa shape index (κ2) is 9.94. The molecule has 2 N–H and O–H groups in total. The molecule has 0 radical (unpaired) electrons. The molecule has 0 aromatic carbocycles. The number of imide groups is 1. The number of carbonyl (C=O) groups is 3. The minimum Gasteiger partial charge on any atom is -0.352 e. The van der Waals surface area contributed by atoms with Crippen molar-refractivity contribution in [2.75, 3.05) is 26.2 Å². The summed E-state index contributed by atoms with van der Waals surface area (Å²) in [6, 6.07) is -0.318. The molecule has 3 rings (SSSR count). The van der Waals surface area contributed by atoms with Crippen molar-refractivity contribution < 1.29 is 14.4 Å². The van der Waals surface area contributed by atoms with E-state index < -0.39 is 11.6 Å². The van der Waals surface area contributed by atoms with Crippen molar-refractivity contribution >= 4 is 17.8 Å². The van der Waals surface area contributed by atoms with Gasteiger partial charge in [-0.25, -0.2) is 4.79 Å². The van der Waals surface area contributed by atoms with E-state index in [2.05, 4.69) is 56.2 Å². The third-order valence-corrected chi connectivity index (χ3v) is 8.11. The Morgan fingerprint density at radius 3 is 2.34 bits per heavy atom. The summed E-state index contributed by atoms with van der Waals surface area (Å²) in [5.74, 6) is 0.0961. The molecule has 1 saturated carbocycles. The van der Waals surface area contributed by atoms with E-state index in [9.17, 15) is 14.4 Å². The highest BCUT2D eigenvalue weighted by Crippen LogP contribution is 2.45. The summed E-state index contributed by atoms with van der Waals surface area (Å²) in [6.45, 7) is 13.6. The Balaban J connectivity index is 1.49. The molecule has 4 amide bonds. The van der Waals surface area contributed by atoms with Crippen molar-refractivity contribution in [2.24, 2.45) is 11.3 Å². The van der Waals surface area contributed by atoms with E-state index in [0.29, 0.717) is 18.8 Å². The molecule has 0 atom stereocenters. The number of allylic oxidation sites excluding steroid dienone is 1. The molecule has 2 heterocycles. The van der Waals surface area contributed by atoms with Gasteiger partial charge >= 0.3 is 6.03 Å². The fourth-order valence-electron chi connectivity index (χ4n) is 5.33. The zero-order chi connectivity index (χ0) is 23.5. The summed E-state index contributed by atoms with van der Waals surface area (Å²) >= 11 is 0. The van der Waals surface area contributed by atoms with E-state index in [0.717, 1.165) is 56.6 Å². The number of hydrogen-bond donors (Lipinski definition) is 2. The van der Waals surface area contributed by atoms with Crippen LogP contribution in [-0.4, -0.2) is 65.4 Å². The molecule has 7 heteroatoms. The van der Waals surface area contributed by atoms with Crippen LogP contribution in [0.3, 0.4) is 0 Å². The first-order valence-corrected chi connectivity index (χ1v) is 12.4. The lowest BCUT2D eigenvalue weighted by Crippen LogP contribution is -2.51. The van der Waals surface area contributed by atoms with Crippen molar-refractivity contribution in [3.63, 3.8) is 0 Å². The number of rotatable bonds is 7. The zero-order valence-electron chi connectivity index (χ0n) is 20.6. The van der Waals surface area contributed by atoms with Gasteiger partial charge in [0.15, 0.2) is 0 Å². The maximum atomic E-state index is 13.2. The molecule has 0 aromatic heterocycles. The predicted octanol–water partition coefficient (Wildman–Crippen LogP) is 3.45. The van der Waals surface area contributed by atoms with Crippen molar-refractivity contribution in [3.05, 3.63) is 11.6 Å². The fourth-order valence-corrected chi connectivity index (χ4v) is 5.33. The molecule has 2 saturated heterocycles. The van der Waals surface area contributed by atoms with Gasteiger partial charge in [-0.1, -0.05) is 38.8 Å². The number of piperidine rings is 1. The second-order valence-electron chi connectivity index (χ2n) is 10.9. The minimum absolute atomic E-state index is 0.104. The number of amides is 4. The molecule has 0 aromatic rings. The maximum absolute atomic E-state index is 13.2.